The zero-order chi connectivity index (χ0) is 34.3. The molecular formula is C35H35NO12. The number of esters is 1. The van der Waals surface area contributed by atoms with Crippen LogP contribution in [0.3, 0.4) is 0 Å². The second-order valence-corrected chi connectivity index (χ2v) is 11.3. The van der Waals surface area contributed by atoms with E-state index in [1.165, 1.54) is 33.5 Å². The van der Waals surface area contributed by atoms with Gasteiger partial charge in [0, 0.05) is 44.6 Å². The van der Waals surface area contributed by atoms with Gasteiger partial charge in [-0.1, -0.05) is 11.6 Å². The Morgan fingerprint density at radius 3 is 1.94 bits per heavy atom. The molecule has 0 heterocycles. The van der Waals surface area contributed by atoms with Crippen molar-refractivity contribution < 1.29 is 48.5 Å². The molecule has 48 heavy (non-hydrogen) atoms. The molecule has 6 rings (SSSR count). The topological polar surface area (TPSA) is 179 Å². The van der Waals surface area contributed by atoms with Crippen LogP contribution in [-0.4, -0.2) is 88.8 Å². The molecule has 1 aliphatic rings. The maximum atomic E-state index is 14.3. The van der Waals surface area contributed by atoms with Crippen LogP contribution in [0.25, 0.3) is 49.2 Å². The fraction of sp³-hybridized carbons (Fsp3) is 0.343. The van der Waals surface area contributed by atoms with Gasteiger partial charge in [0.1, 0.15) is 36.1 Å². The van der Waals surface area contributed by atoms with Crippen molar-refractivity contribution in [3.05, 3.63) is 49.3 Å². The number of hydrogen-bond donors (Lipinski definition) is 4. The molecule has 0 aliphatic heterocycles. The summed E-state index contributed by atoms with van der Waals surface area (Å²) in [6, 6.07) is 2.66. The van der Waals surface area contributed by atoms with Crippen LogP contribution < -0.4 is 30.4 Å². The van der Waals surface area contributed by atoms with Gasteiger partial charge in [-0.15, -0.1) is 0 Å². The number of carbonyl (C=O) groups excluding carboxylic acids is 1. The van der Waals surface area contributed by atoms with Crippen LogP contribution in [0.1, 0.15) is 18.1 Å². The van der Waals surface area contributed by atoms with E-state index < -0.39 is 16.8 Å². The number of fused-ring (bicyclic) bond motifs is 1. The lowest BCUT2D eigenvalue weighted by Crippen LogP contribution is -2.24. The van der Waals surface area contributed by atoms with E-state index >= 15 is 0 Å². The Kier molecular flexibility index (Phi) is 9.01. The van der Waals surface area contributed by atoms with Gasteiger partial charge < -0.3 is 49.1 Å². The lowest BCUT2D eigenvalue weighted by atomic mass is 9.83. The number of nitrogens with one attached hydrogen (secondary N) is 1. The standard InChI is InChI=1S/C35H35NO12/c1-16-11-17-24-25-18(12-16)35(45-4)34(42)27-20(39)14-22(44-3)29(31(25)27)28-21(43-2)13-19(38)26(30(24)28)33(41)32(17)36-15-23(40)48-10-9-47-8-7-46-6-5-37/h12-14,36-39H,5-11,15H2,1-4H3. The highest BCUT2D eigenvalue weighted by atomic mass is 16.6. The van der Waals surface area contributed by atoms with Crippen LogP contribution in [0, 0.1) is 0 Å². The minimum Gasteiger partial charge on any atom is -0.507 e. The Labute approximate surface area is 273 Å². The molecule has 252 valence electrons. The summed E-state index contributed by atoms with van der Waals surface area (Å²) in [6.45, 7) is 2.26. The highest BCUT2D eigenvalue weighted by Crippen LogP contribution is 2.54. The smallest absolute Gasteiger partial charge is 0.325 e. The highest BCUT2D eigenvalue weighted by Gasteiger charge is 2.32. The molecule has 5 aromatic carbocycles. The van der Waals surface area contributed by atoms with Gasteiger partial charge in [-0.25, -0.2) is 0 Å². The summed E-state index contributed by atoms with van der Waals surface area (Å²) in [5.41, 5.74) is 0.738. The Morgan fingerprint density at radius 2 is 1.33 bits per heavy atom. The second kappa shape index (κ2) is 13.2. The lowest BCUT2D eigenvalue weighted by Gasteiger charge is -2.23. The van der Waals surface area contributed by atoms with E-state index in [-0.39, 0.29) is 97.8 Å². The first-order chi connectivity index (χ1) is 23.2. The maximum Gasteiger partial charge on any atom is 0.325 e. The number of anilines is 1. The van der Waals surface area contributed by atoms with Gasteiger partial charge in [0.25, 0.3) is 0 Å². The van der Waals surface area contributed by atoms with E-state index in [0.717, 1.165) is 5.57 Å². The molecule has 0 saturated carbocycles. The molecule has 4 N–H and O–H groups in total. The number of aliphatic hydroxyl groups is 1. The predicted octanol–water partition coefficient (Wildman–Crippen LogP) is 3.27. The minimum absolute atomic E-state index is 0.000645. The molecule has 0 spiro atoms. The second-order valence-electron chi connectivity index (χ2n) is 11.3. The van der Waals surface area contributed by atoms with Crippen molar-refractivity contribution in [1.82, 2.24) is 0 Å². The van der Waals surface area contributed by atoms with Crippen LogP contribution in [0.5, 0.6) is 28.7 Å². The summed E-state index contributed by atoms with van der Waals surface area (Å²) in [5, 5.41) is 36.8. The van der Waals surface area contributed by atoms with Crippen molar-refractivity contribution in [2.24, 2.45) is 0 Å². The third-order valence-electron chi connectivity index (χ3n) is 8.54. The number of allylic oxidation sites excluding steroid dienone is 1. The van der Waals surface area contributed by atoms with Crippen molar-refractivity contribution >= 4 is 60.8 Å². The number of aromatic hydroxyl groups is 2. The highest BCUT2D eigenvalue weighted by molar-refractivity contribution is 6.39. The monoisotopic (exact) mass is 661 g/mol. The van der Waals surface area contributed by atoms with E-state index in [0.29, 0.717) is 43.4 Å². The molecule has 0 radical (unpaired) electrons. The van der Waals surface area contributed by atoms with Crippen molar-refractivity contribution in [2.75, 3.05) is 72.8 Å². The molecule has 0 atom stereocenters. The van der Waals surface area contributed by atoms with Crippen molar-refractivity contribution in [2.45, 2.75) is 13.3 Å². The molecule has 0 fully saturated rings. The molecular weight excluding hydrogens is 626 g/mol. The number of aliphatic hydroxyl groups excluding tert-OH is 1. The summed E-state index contributed by atoms with van der Waals surface area (Å²) in [4.78, 5) is 41.0. The number of phenolic OH excluding ortho intramolecular Hbond substituents is 2. The Balaban J connectivity index is 1.58. The average Bonchev–Trinajstić information content (AvgIpc) is 3.21. The van der Waals surface area contributed by atoms with Gasteiger partial charge in [-0.2, -0.15) is 0 Å². The Hall–Kier alpha value is -5.11. The summed E-state index contributed by atoms with van der Waals surface area (Å²) < 4.78 is 32.9. The first-order valence-electron chi connectivity index (χ1n) is 15.3. The van der Waals surface area contributed by atoms with Crippen molar-refractivity contribution in [3.63, 3.8) is 0 Å². The Morgan fingerprint density at radius 1 is 0.750 bits per heavy atom. The molecule has 13 heteroatoms. The van der Waals surface area contributed by atoms with Crippen molar-refractivity contribution in [1.29, 1.82) is 0 Å². The number of benzene rings is 5. The molecule has 1 aliphatic carbocycles. The summed E-state index contributed by atoms with van der Waals surface area (Å²) in [6.07, 6.45) is 2.05. The predicted molar refractivity (Wildman–Crippen MR) is 180 cm³/mol. The number of carbonyl (C=O) groups is 1. The molecule has 0 amide bonds. The van der Waals surface area contributed by atoms with Crippen LogP contribution in [0.4, 0.5) is 5.69 Å². The first kappa shape index (κ1) is 32.8. The van der Waals surface area contributed by atoms with Gasteiger partial charge in [0.15, 0.2) is 5.75 Å². The first-order valence-corrected chi connectivity index (χ1v) is 15.3. The fourth-order valence-corrected chi connectivity index (χ4v) is 6.72. The van der Waals surface area contributed by atoms with E-state index in [4.69, 9.17) is 33.5 Å². The average molecular weight is 662 g/mol. The third kappa shape index (κ3) is 5.20. The number of hydrogen-bond acceptors (Lipinski definition) is 13. The maximum absolute atomic E-state index is 14.3. The summed E-state index contributed by atoms with van der Waals surface area (Å²) in [7, 11) is 4.23. The zero-order valence-electron chi connectivity index (χ0n) is 26.9. The van der Waals surface area contributed by atoms with Crippen LogP contribution >= 0.6 is 0 Å². The van der Waals surface area contributed by atoms with Gasteiger partial charge in [-0.3, -0.25) is 14.4 Å². The molecule has 0 aromatic heterocycles. The van der Waals surface area contributed by atoms with E-state index in [2.05, 4.69) is 5.32 Å². The van der Waals surface area contributed by atoms with E-state index in [1.54, 1.807) is 0 Å². The lowest BCUT2D eigenvalue weighted by molar-refractivity contribution is -0.143. The van der Waals surface area contributed by atoms with Crippen LogP contribution in [0.15, 0.2) is 27.3 Å². The summed E-state index contributed by atoms with van der Waals surface area (Å²) >= 11 is 0. The van der Waals surface area contributed by atoms with Gasteiger partial charge in [-0.05, 0) is 24.3 Å². The molecule has 0 bridgehead atoms. The zero-order valence-corrected chi connectivity index (χ0v) is 26.9. The number of methoxy groups -OCH3 is 3. The number of rotatable bonds is 14. The van der Waals surface area contributed by atoms with Crippen LogP contribution in [0.2, 0.25) is 0 Å². The van der Waals surface area contributed by atoms with E-state index in [1.807, 2.05) is 13.0 Å². The molecule has 0 saturated heterocycles. The van der Waals surface area contributed by atoms with Crippen LogP contribution in [-0.2, 0) is 25.4 Å². The number of phenols is 2. The van der Waals surface area contributed by atoms with Gasteiger partial charge >= 0.3 is 5.97 Å². The fourth-order valence-electron chi connectivity index (χ4n) is 6.72. The third-order valence-corrected chi connectivity index (χ3v) is 8.54. The van der Waals surface area contributed by atoms with Gasteiger partial charge in [0.2, 0.25) is 10.9 Å². The normalized spacial score (nSPS) is 12.6. The van der Waals surface area contributed by atoms with E-state index in [9.17, 15) is 24.6 Å². The number of ether oxygens (including phenoxy) is 6. The van der Waals surface area contributed by atoms with Gasteiger partial charge in [0.05, 0.1) is 70.8 Å². The molecule has 0 unspecified atom stereocenters. The molecule has 13 nitrogen and oxygen atoms in total. The molecule has 5 aromatic rings. The van der Waals surface area contributed by atoms with Crippen molar-refractivity contribution in [3.8, 4) is 28.7 Å². The minimum atomic E-state index is -0.642. The largest absolute Gasteiger partial charge is 0.507 e. The summed E-state index contributed by atoms with van der Waals surface area (Å²) in [5.74, 6) is -0.841. The quantitative estimate of drug-likeness (QED) is 0.0590. The SMILES string of the molecule is COc1c2c3c4c(c(NCC(=O)OCCOCCOCCO)c(=O)c5c(O)cc(OC)c(c6c(OC)cc(O)c(c1=O)c63)c54)CC(C)=C2. The Bertz CT molecular complexity index is 2210.